The molecule has 2 aromatic rings. The van der Waals surface area contributed by atoms with Crippen molar-refractivity contribution in [1.29, 1.82) is 0 Å². The van der Waals surface area contributed by atoms with E-state index in [1.54, 1.807) is 10.7 Å². The molecule has 1 aliphatic carbocycles. The maximum atomic E-state index is 14.2. The average molecular weight is 270 g/mol. The zero-order valence-electron chi connectivity index (χ0n) is 11.0. The van der Waals surface area contributed by atoms with Gasteiger partial charge in [-0.2, -0.15) is 5.10 Å². The molecule has 1 aliphatic heterocycles. The molecule has 4 heteroatoms. The Morgan fingerprint density at radius 2 is 2.00 bits per heavy atom. The van der Waals surface area contributed by atoms with Crippen molar-refractivity contribution in [2.24, 2.45) is 5.92 Å². The molecular weight excluding hydrogens is 255 g/mol. The Balaban J connectivity index is 1.72. The predicted molar refractivity (Wildman–Crippen MR) is 72.3 cm³/mol. The monoisotopic (exact) mass is 270 g/mol. The highest BCUT2D eigenvalue weighted by Gasteiger charge is 2.37. The number of hydrogen-bond donors (Lipinski definition) is 0. The Labute approximate surface area is 116 Å². The minimum absolute atomic E-state index is 0.0749. The fourth-order valence-corrected chi connectivity index (χ4v) is 2.94. The summed E-state index contributed by atoms with van der Waals surface area (Å²) >= 11 is 0. The molecule has 0 unspecified atom stereocenters. The van der Waals surface area contributed by atoms with Gasteiger partial charge < -0.3 is 0 Å². The second-order valence-electron chi connectivity index (χ2n) is 5.67. The molecule has 102 valence electrons. The second kappa shape index (κ2) is 4.27. The van der Waals surface area contributed by atoms with E-state index in [4.69, 9.17) is 0 Å². The molecule has 0 N–H and O–H groups in total. The van der Waals surface area contributed by atoms with Gasteiger partial charge in [0.1, 0.15) is 11.9 Å². The summed E-state index contributed by atoms with van der Waals surface area (Å²) in [6.07, 6.45) is 1.27. The smallest absolute Gasteiger partial charge is 0.186 e. The molecule has 0 amide bonds. The van der Waals surface area contributed by atoms with Crippen molar-refractivity contribution in [3.8, 4) is 0 Å². The van der Waals surface area contributed by atoms with Gasteiger partial charge in [-0.1, -0.05) is 30.3 Å². The van der Waals surface area contributed by atoms with E-state index in [-0.39, 0.29) is 17.7 Å². The Morgan fingerprint density at radius 3 is 2.70 bits per heavy atom. The predicted octanol–water partition coefficient (Wildman–Crippen LogP) is 3.48. The largest absolute Gasteiger partial charge is 0.292 e. The number of aromatic nitrogens is 2. The molecule has 2 atom stereocenters. The SMILES string of the molecule is O=C(c1cc2n(n1)[C@@H](c1ccccc1)C[C@H]2F)C1CC1. The van der Waals surface area contributed by atoms with Crippen molar-refractivity contribution in [1.82, 2.24) is 9.78 Å². The minimum Gasteiger partial charge on any atom is -0.292 e. The van der Waals surface area contributed by atoms with Crippen LogP contribution in [0.5, 0.6) is 0 Å². The second-order valence-corrected chi connectivity index (χ2v) is 5.67. The van der Waals surface area contributed by atoms with Gasteiger partial charge in [0.2, 0.25) is 0 Å². The van der Waals surface area contributed by atoms with Crippen molar-refractivity contribution in [2.75, 3.05) is 0 Å². The number of carbonyl (C=O) groups is 1. The van der Waals surface area contributed by atoms with Crippen LogP contribution in [-0.4, -0.2) is 15.6 Å². The van der Waals surface area contributed by atoms with E-state index in [1.807, 2.05) is 30.3 Å². The zero-order chi connectivity index (χ0) is 13.7. The lowest BCUT2D eigenvalue weighted by Gasteiger charge is -2.11. The lowest BCUT2D eigenvalue weighted by atomic mass is 10.0. The molecular formula is C16H15FN2O. The summed E-state index contributed by atoms with van der Waals surface area (Å²) in [5.41, 5.74) is 2.02. The van der Waals surface area contributed by atoms with Gasteiger partial charge >= 0.3 is 0 Å². The van der Waals surface area contributed by atoms with Gasteiger partial charge in [-0.3, -0.25) is 9.48 Å². The first-order valence-corrected chi connectivity index (χ1v) is 7.06. The van der Waals surface area contributed by atoms with E-state index < -0.39 is 6.17 Å². The topological polar surface area (TPSA) is 34.9 Å². The number of carbonyl (C=O) groups excluding carboxylic acids is 1. The summed E-state index contributed by atoms with van der Waals surface area (Å²) in [5.74, 6) is 0.199. The molecule has 20 heavy (non-hydrogen) atoms. The first-order chi connectivity index (χ1) is 9.74. The van der Waals surface area contributed by atoms with Crippen LogP contribution in [0, 0.1) is 5.92 Å². The highest BCUT2D eigenvalue weighted by atomic mass is 19.1. The number of benzene rings is 1. The maximum Gasteiger partial charge on any atom is 0.186 e. The van der Waals surface area contributed by atoms with Gasteiger partial charge in [0, 0.05) is 12.3 Å². The van der Waals surface area contributed by atoms with E-state index >= 15 is 0 Å². The summed E-state index contributed by atoms with van der Waals surface area (Å²) in [6.45, 7) is 0. The minimum atomic E-state index is -1.03. The van der Waals surface area contributed by atoms with Crippen molar-refractivity contribution in [2.45, 2.75) is 31.5 Å². The van der Waals surface area contributed by atoms with Crippen LogP contribution in [0.4, 0.5) is 4.39 Å². The molecule has 2 heterocycles. The summed E-state index contributed by atoms with van der Waals surface area (Å²) in [4.78, 5) is 12.1. The molecule has 1 aromatic carbocycles. The van der Waals surface area contributed by atoms with Crippen LogP contribution < -0.4 is 0 Å². The van der Waals surface area contributed by atoms with Gasteiger partial charge in [0.25, 0.3) is 0 Å². The third-order valence-corrected chi connectivity index (χ3v) is 4.20. The van der Waals surface area contributed by atoms with Gasteiger partial charge in [-0.05, 0) is 24.5 Å². The van der Waals surface area contributed by atoms with E-state index in [9.17, 15) is 9.18 Å². The number of alkyl halides is 1. The highest BCUT2D eigenvalue weighted by Crippen LogP contribution is 2.41. The molecule has 4 rings (SSSR count). The van der Waals surface area contributed by atoms with Gasteiger partial charge in [-0.25, -0.2) is 4.39 Å². The molecule has 0 saturated heterocycles. The van der Waals surface area contributed by atoms with E-state index in [2.05, 4.69) is 5.10 Å². The number of halogens is 1. The molecule has 3 nitrogen and oxygen atoms in total. The van der Waals surface area contributed by atoms with Crippen LogP contribution in [0.2, 0.25) is 0 Å². The zero-order valence-corrected chi connectivity index (χ0v) is 11.0. The number of rotatable bonds is 3. The van der Waals surface area contributed by atoms with Gasteiger partial charge in [0.05, 0.1) is 11.7 Å². The van der Waals surface area contributed by atoms with E-state index in [1.165, 1.54) is 0 Å². The normalized spacial score (nSPS) is 24.6. The number of Topliss-reactive ketones (excluding diaryl/α,β-unsaturated/α-hetero) is 1. The molecule has 1 saturated carbocycles. The van der Waals surface area contributed by atoms with Crippen LogP contribution in [0.25, 0.3) is 0 Å². The Kier molecular flexibility index (Phi) is 2.52. The lowest BCUT2D eigenvalue weighted by molar-refractivity contribution is 0.0961. The summed E-state index contributed by atoms with van der Waals surface area (Å²) in [5, 5.41) is 4.39. The average Bonchev–Trinajstić information content (AvgIpc) is 3.15. The maximum absolute atomic E-state index is 14.2. The Bertz CT molecular complexity index is 660. The van der Waals surface area contributed by atoms with Crippen molar-refractivity contribution >= 4 is 5.78 Å². The lowest BCUT2D eigenvalue weighted by Crippen LogP contribution is -2.10. The first-order valence-electron chi connectivity index (χ1n) is 7.06. The summed E-state index contributed by atoms with van der Waals surface area (Å²) in [7, 11) is 0. The van der Waals surface area contributed by atoms with Crippen molar-refractivity contribution < 1.29 is 9.18 Å². The quantitative estimate of drug-likeness (QED) is 0.800. The Morgan fingerprint density at radius 1 is 1.25 bits per heavy atom. The molecule has 2 aliphatic rings. The van der Waals surface area contributed by atoms with E-state index in [0.717, 1.165) is 18.4 Å². The van der Waals surface area contributed by atoms with E-state index in [0.29, 0.717) is 17.8 Å². The first kappa shape index (κ1) is 11.8. The number of ketones is 1. The molecule has 0 radical (unpaired) electrons. The molecule has 1 aromatic heterocycles. The highest BCUT2D eigenvalue weighted by molar-refractivity contribution is 5.97. The van der Waals surface area contributed by atoms with Crippen LogP contribution in [0.1, 0.15) is 53.2 Å². The molecule has 1 fully saturated rings. The van der Waals surface area contributed by atoms with Crippen LogP contribution in [-0.2, 0) is 0 Å². The van der Waals surface area contributed by atoms with Crippen LogP contribution in [0.15, 0.2) is 36.4 Å². The fourth-order valence-electron chi connectivity index (χ4n) is 2.94. The number of fused-ring (bicyclic) bond motifs is 1. The molecule has 0 bridgehead atoms. The Hall–Kier alpha value is -1.97. The fraction of sp³-hybridized carbons (Fsp3) is 0.375. The number of nitrogens with zero attached hydrogens (tertiary/aromatic N) is 2. The van der Waals surface area contributed by atoms with Crippen molar-refractivity contribution in [3.63, 3.8) is 0 Å². The summed E-state index contributed by atoms with van der Waals surface area (Å²) < 4.78 is 15.9. The third kappa shape index (κ3) is 1.79. The molecule has 0 spiro atoms. The summed E-state index contributed by atoms with van der Waals surface area (Å²) in [6, 6.07) is 11.3. The van der Waals surface area contributed by atoms with Gasteiger partial charge in [-0.15, -0.1) is 0 Å². The van der Waals surface area contributed by atoms with Crippen LogP contribution in [0.3, 0.4) is 0 Å². The van der Waals surface area contributed by atoms with Crippen molar-refractivity contribution in [3.05, 3.63) is 53.3 Å². The van der Waals surface area contributed by atoms with Gasteiger partial charge in [0.15, 0.2) is 5.78 Å². The third-order valence-electron chi connectivity index (χ3n) is 4.20. The van der Waals surface area contributed by atoms with Crippen LogP contribution >= 0.6 is 0 Å². The number of hydrogen-bond acceptors (Lipinski definition) is 2. The standard InChI is InChI=1S/C16H15FN2O/c17-12-8-14(10-4-2-1-3-5-10)19-15(12)9-13(18-19)16(20)11-6-7-11/h1-5,9,11-12,14H,6-8H2/t12-,14-/m1/s1.